The monoisotopic (exact) mass is 601 g/mol. The molecule has 8 nitrogen and oxygen atoms in total. The Bertz CT molecular complexity index is 1970. The van der Waals surface area contributed by atoms with Crippen LogP contribution in [-0.2, 0) is 42.8 Å². The molecule has 0 saturated carbocycles. The molecule has 0 saturated heterocycles. The topological polar surface area (TPSA) is 106 Å². The van der Waals surface area contributed by atoms with Gasteiger partial charge in [0.2, 0.25) is 0 Å². The second-order valence-corrected chi connectivity index (χ2v) is 12.2. The molecule has 9 heteroatoms. The van der Waals surface area contributed by atoms with Gasteiger partial charge in [0.25, 0.3) is 0 Å². The van der Waals surface area contributed by atoms with E-state index in [-0.39, 0.29) is 17.1 Å². The molecular formula is C33H30CuN8. The van der Waals surface area contributed by atoms with Gasteiger partial charge in [-0.05, 0) is 110 Å². The maximum atomic E-state index is 5.17. The van der Waals surface area contributed by atoms with Crippen molar-refractivity contribution in [3.05, 3.63) is 58.2 Å². The van der Waals surface area contributed by atoms with Crippen molar-refractivity contribution in [2.24, 2.45) is 5.92 Å². The van der Waals surface area contributed by atoms with E-state index in [4.69, 9.17) is 39.9 Å². The summed E-state index contributed by atoms with van der Waals surface area (Å²) >= 11 is 0. The maximum Gasteiger partial charge on any atom is 2.00 e. The van der Waals surface area contributed by atoms with Crippen LogP contribution in [-0.4, -0.2) is 29.9 Å². The molecule has 0 amide bonds. The number of benzene rings is 1. The molecule has 3 aromatic heterocycles. The van der Waals surface area contributed by atoms with Crippen LogP contribution in [0.15, 0.2) is 24.3 Å². The summed E-state index contributed by atoms with van der Waals surface area (Å²) in [5.41, 5.74) is 12.3. The molecular weight excluding hydrogens is 572 g/mol. The van der Waals surface area contributed by atoms with Crippen LogP contribution in [0, 0.1) is 5.92 Å². The smallest absolute Gasteiger partial charge is 0.358 e. The molecule has 3 aliphatic carbocycles. The quantitative estimate of drug-likeness (QED) is 0.200. The number of allylic oxidation sites excluding steroid dienone is 2. The molecule has 5 heterocycles. The predicted octanol–water partition coefficient (Wildman–Crippen LogP) is 5.97. The third-order valence-corrected chi connectivity index (χ3v) is 9.46. The van der Waals surface area contributed by atoms with Gasteiger partial charge in [-0.3, -0.25) is 0 Å². The molecule has 5 aliphatic rings. The van der Waals surface area contributed by atoms with Crippen molar-refractivity contribution in [3.63, 3.8) is 0 Å². The molecule has 9 rings (SSSR count). The minimum atomic E-state index is 0. The molecule has 4 aromatic rings. The van der Waals surface area contributed by atoms with Gasteiger partial charge in [0.15, 0.2) is 0 Å². The van der Waals surface area contributed by atoms with E-state index in [9.17, 15) is 0 Å². The molecule has 1 aromatic carbocycles. The van der Waals surface area contributed by atoms with E-state index in [1.807, 2.05) is 12.1 Å². The molecule has 2 aliphatic heterocycles. The van der Waals surface area contributed by atoms with Crippen molar-refractivity contribution >= 4 is 33.7 Å². The average molecular weight is 602 g/mol. The summed E-state index contributed by atoms with van der Waals surface area (Å²) in [7, 11) is 0. The molecule has 0 fully saturated rings. The Kier molecular flexibility index (Phi) is 6.16. The summed E-state index contributed by atoms with van der Waals surface area (Å²) in [5, 5.41) is 0. The van der Waals surface area contributed by atoms with Crippen molar-refractivity contribution in [2.45, 2.75) is 77.6 Å². The van der Waals surface area contributed by atoms with Gasteiger partial charge in [-0.25, -0.2) is 9.97 Å². The Hall–Kier alpha value is -3.68. The first-order valence-corrected chi connectivity index (χ1v) is 15.2. The molecule has 213 valence electrons. The summed E-state index contributed by atoms with van der Waals surface area (Å²) < 4.78 is 0. The Balaban J connectivity index is 0.00000267. The third kappa shape index (κ3) is 4.01. The minimum absolute atomic E-state index is 0. The first kappa shape index (κ1) is 26.0. The first-order valence-electron chi connectivity index (χ1n) is 15.2. The van der Waals surface area contributed by atoms with E-state index in [0.29, 0.717) is 17.6 Å². The van der Waals surface area contributed by atoms with E-state index in [0.717, 1.165) is 116 Å². The number of aryl methyl sites for hydroxylation is 3. The molecule has 0 unspecified atom stereocenters. The molecule has 0 spiro atoms. The van der Waals surface area contributed by atoms with Crippen LogP contribution in [0.4, 0.5) is 0 Å². The summed E-state index contributed by atoms with van der Waals surface area (Å²) in [6.07, 6.45) is 11.5. The van der Waals surface area contributed by atoms with Gasteiger partial charge in [0.1, 0.15) is 0 Å². The van der Waals surface area contributed by atoms with Gasteiger partial charge in [-0.2, -0.15) is 0 Å². The zero-order chi connectivity index (χ0) is 27.1. The SMILES string of the molecule is C[C@@H]1CCc2c(c3nc4nc(nc5[n-]c(nc6nc(nc2[n-]3)C2=C6CCCC2)c2c5CCCC2)-c2ccccc2-4)C1.[Cu+2]. The Labute approximate surface area is 254 Å². The Morgan fingerprint density at radius 1 is 0.548 bits per heavy atom. The van der Waals surface area contributed by atoms with Crippen LogP contribution in [0.5, 0.6) is 0 Å². The van der Waals surface area contributed by atoms with Gasteiger partial charge in [0.05, 0.1) is 23.3 Å². The van der Waals surface area contributed by atoms with Gasteiger partial charge < -0.3 is 29.9 Å². The molecule has 1 radical (unpaired) electrons. The largest absolute Gasteiger partial charge is 2.00 e. The number of aromatic nitrogens is 8. The normalized spacial score (nSPS) is 18.9. The number of fused-ring (bicyclic) bond motifs is 19. The Morgan fingerprint density at radius 3 is 1.57 bits per heavy atom. The predicted molar refractivity (Wildman–Crippen MR) is 158 cm³/mol. The van der Waals surface area contributed by atoms with Crippen LogP contribution >= 0.6 is 0 Å². The number of hydrogen-bond donors (Lipinski definition) is 0. The van der Waals surface area contributed by atoms with Gasteiger partial charge in [-0.15, -0.1) is 0 Å². The second-order valence-electron chi connectivity index (χ2n) is 12.2. The van der Waals surface area contributed by atoms with Crippen molar-refractivity contribution < 1.29 is 17.1 Å². The van der Waals surface area contributed by atoms with Crippen LogP contribution in [0.1, 0.15) is 85.8 Å². The van der Waals surface area contributed by atoms with Crippen molar-refractivity contribution in [1.82, 2.24) is 39.9 Å². The zero-order valence-corrected chi connectivity index (χ0v) is 24.5. The number of nitrogens with zero attached hydrogens (tertiary/aromatic N) is 8. The van der Waals surface area contributed by atoms with Crippen molar-refractivity contribution in [1.29, 1.82) is 0 Å². The Morgan fingerprint density at radius 2 is 1.00 bits per heavy atom. The number of rotatable bonds is 0. The average Bonchev–Trinajstić information content (AvgIpc) is 3.72. The van der Waals surface area contributed by atoms with E-state index in [1.54, 1.807) is 0 Å². The van der Waals surface area contributed by atoms with E-state index in [2.05, 4.69) is 19.1 Å². The minimum Gasteiger partial charge on any atom is -0.358 e. The maximum absolute atomic E-state index is 5.17. The van der Waals surface area contributed by atoms with Gasteiger partial charge in [-0.1, -0.05) is 31.2 Å². The van der Waals surface area contributed by atoms with Crippen LogP contribution in [0.2, 0.25) is 0 Å². The molecule has 1 atom stereocenters. The molecule has 0 N–H and O–H groups in total. The van der Waals surface area contributed by atoms with Crippen molar-refractivity contribution in [3.8, 4) is 22.8 Å². The molecule has 42 heavy (non-hydrogen) atoms. The van der Waals surface area contributed by atoms with Gasteiger partial charge >= 0.3 is 17.1 Å². The standard InChI is InChI=1S/C33H30N8.Cu/c1-17-14-15-24-25(16-17)33-40-31-23-13-7-6-12-22(23)29(38-31)36-27-19-9-3-2-8-18(19)26(34-27)35-28-20-10-4-5-11-21(20)30(37-28)39-32(24)41-33;/h6-7,12-13,17H,2-5,8-11,14-16H2,1H3;/q-2;+2/t17-;/m1./s1. The summed E-state index contributed by atoms with van der Waals surface area (Å²) in [5.74, 6) is 3.46. The van der Waals surface area contributed by atoms with Crippen molar-refractivity contribution in [2.75, 3.05) is 0 Å². The van der Waals surface area contributed by atoms with E-state index < -0.39 is 0 Å². The van der Waals surface area contributed by atoms with E-state index in [1.165, 1.54) is 33.4 Å². The van der Waals surface area contributed by atoms with Gasteiger partial charge in [0, 0.05) is 33.7 Å². The fourth-order valence-corrected chi connectivity index (χ4v) is 7.31. The summed E-state index contributed by atoms with van der Waals surface area (Å²) in [6.45, 7) is 2.31. The summed E-state index contributed by atoms with van der Waals surface area (Å²) in [4.78, 5) is 40.7. The first-order chi connectivity index (χ1) is 20.2. The third-order valence-electron chi connectivity index (χ3n) is 9.46. The fraction of sp³-hybridized carbons (Fsp3) is 0.394. The van der Waals surface area contributed by atoms with Crippen LogP contribution in [0.25, 0.3) is 56.5 Å². The van der Waals surface area contributed by atoms with Crippen LogP contribution < -0.4 is 9.97 Å². The fourth-order valence-electron chi connectivity index (χ4n) is 7.31. The molecule has 8 bridgehead atoms. The number of hydrogen-bond acceptors (Lipinski definition) is 6. The van der Waals surface area contributed by atoms with Crippen LogP contribution in [0.3, 0.4) is 0 Å². The summed E-state index contributed by atoms with van der Waals surface area (Å²) in [6, 6.07) is 8.22. The zero-order valence-electron chi connectivity index (χ0n) is 23.5. The second kappa shape index (κ2) is 9.96. The van der Waals surface area contributed by atoms with E-state index >= 15 is 0 Å².